The van der Waals surface area contributed by atoms with E-state index in [0.717, 1.165) is 17.8 Å². The number of anilines is 2. The molecule has 3 aromatic rings. The molecule has 4 rings (SSSR count). The molecule has 1 heterocycles. The number of ether oxygens (including phenoxy) is 2. The first-order valence-corrected chi connectivity index (χ1v) is 12.4. The first-order valence-electron chi connectivity index (χ1n) is 11.0. The molecule has 0 bridgehead atoms. The van der Waals surface area contributed by atoms with Crippen molar-refractivity contribution in [2.75, 3.05) is 50.6 Å². The normalized spacial score (nSPS) is 14.4. The smallest absolute Gasteiger partial charge is 0.258 e. The highest BCUT2D eigenvalue weighted by atomic mass is 32.2. The summed E-state index contributed by atoms with van der Waals surface area (Å²) in [6.45, 7) is 1.59. The minimum Gasteiger partial charge on any atom is -0.497 e. The molecule has 0 aliphatic carbocycles. The summed E-state index contributed by atoms with van der Waals surface area (Å²) in [5, 5.41) is 2.58. The number of carbonyl (C=O) groups is 1. The maximum atomic E-state index is 14.6. The number of hydrogen-bond donors (Lipinski definition) is 1. The second-order valence-corrected chi connectivity index (χ2v) is 9.83. The summed E-state index contributed by atoms with van der Waals surface area (Å²) in [5.74, 6) is -0.829. The van der Waals surface area contributed by atoms with Gasteiger partial charge >= 0.3 is 0 Å². The number of methoxy groups -OCH3 is 2. The maximum absolute atomic E-state index is 14.6. The van der Waals surface area contributed by atoms with Gasteiger partial charge in [-0.3, -0.25) is 4.79 Å². The molecule has 1 amide bonds. The van der Waals surface area contributed by atoms with E-state index < -0.39 is 21.7 Å². The van der Waals surface area contributed by atoms with Crippen LogP contribution in [0.1, 0.15) is 10.4 Å². The number of halogens is 1. The maximum Gasteiger partial charge on any atom is 0.258 e. The van der Waals surface area contributed by atoms with Gasteiger partial charge < -0.3 is 19.7 Å². The molecule has 184 valence electrons. The number of nitrogens with zero attached hydrogens (tertiary/aromatic N) is 2. The monoisotopic (exact) mass is 499 g/mol. The molecule has 1 N–H and O–H groups in total. The average molecular weight is 500 g/mol. The summed E-state index contributed by atoms with van der Waals surface area (Å²) in [6, 6.07) is 17.8. The average Bonchev–Trinajstić information content (AvgIpc) is 2.89. The van der Waals surface area contributed by atoms with Crippen molar-refractivity contribution in [3.8, 4) is 11.5 Å². The number of sulfonamides is 1. The van der Waals surface area contributed by atoms with Crippen molar-refractivity contribution in [3.05, 3.63) is 78.1 Å². The van der Waals surface area contributed by atoms with Gasteiger partial charge in [0, 0.05) is 37.9 Å². The highest BCUT2D eigenvalue weighted by molar-refractivity contribution is 7.89. The van der Waals surface area contributed by atoms with Crippen LogP contribution in [0.5, 0.6) is 11.5 Å². The van der Waals surface area contributed by atoms with Crippen LogP contribution in [0, 0.1) is 5.82 Å². The lowest BCUT2D eigenvalue weighted by Gasteiger charge is -2.35. The summed E-state index contributed by atoms with van der Waals surface area (Å²) < 4.78 is 52.9. The van der Waals surface area contributed by atoms with Crippen molar-refractivity contribution in [2.45, 2.75) is 4.90 Å². The lowest BCUT2D eigenvalue weighted by molar-refractivity contribution is 0.102. The molecule has 3 aromatic carbocycles. The molecule has 8 nitrogen and oxygen atoms in total. The Labute approximate surface area is 203 Å². The van der Waals surface area contributed by atoms with Crippen LogP contribution in [0.25, 0.3) is 0 Å². The third-order valence-electron chi connectivity index (χ3n) is 5.84. The molecule has 1 fully saturated rings. The van der Waals surface area contributed by atoms with E-state index in [9.17, 15) is 17.6 Å². The summed E-state index contributed by atoms with van der Waals surface area (Å²) in [6.07, 6.45) is 0. The lowest BCUT2D eigenvalue weighted by Crippen LogP contribution is -2.48. The molecule has 1 saturated heterocycles. The van der Waals surface area contributed by atoms with Crippen LogP contribution in [-0.4, -0.2) is 59.0 Å². The first kappa shape index (κ1) is 24.5. The van der Waals surface area contributed by atoms with Crippen LogP contribution >= 0.6 is 0 Å². The standard InChI is InChI=1S/C25H26FN3O5S/c1-33-19-8-11-24(34-2)23(16-19)27-25(30)21-17-20(9-10-22(21)26)35(31,32)29-14-12-28(13-15-29)18-6-4-3-5-7-18/h3-11,16-17H,12-15H2,1-2H3,(H,27,30). The largest absolute Gasteiger partial charge is 0.497 e. The fourth-order valence-electron chi connectivity index (χ4n) is 3.91. The van der Waals surface area contributed by atoms with Gasteiger partial charge in [0.15, 0.2) is 0 Å². The van der Waals surface area contributed by atoms with Crippen molar-refractivity contribution in [3.63, 3.8) is 0 Å². The third kappa shape index (κ3) is 5.23. The van der Waals surface area contributed by atoms with E-state index in [0.29, 0.717) is 24.6 Å². The zero-order valence-electron chi connectivity index (χ0n) is 19.4. The fourth-order valence-corrected chi connectivity index (χ4v) is 5.36. The van der Waals surface area contributed by atoms with Crippen LogP contribution < -0.4 is 19.7 Å². The number of rotatable bonds is 7. The zero-order valence-corrected chi connectivity index (χ0v) is 20.2. The van der Waals surface area contributed by atoms with Crippen molar-refractivity contribution in [1.82, 2.24) is 4.31 Å². The summed E-state index contributed by atoms with van der Waals surface area (Å²) in [7, 11) is -1.01. The van der Waals surface area contributed by atoms with E-state index in [1.807, 2.05) is 30.3 Å². The molecular weight excluding hydrogens is 473 g/mol. The van der Waals surface area contributed by atoms with Crippen molar-refractivity contribution in [2.24, 2.45) is 0 Å². The van der Waals surface area contributed by atoms with Crippen molar-refractivity contribution in [1.29, 1.82) is 0 Å². The highest BCUT2D eigenvalue weighted by Crippen LogP contribution is 2.30. The van der Waals surface area contributed by atoms with Gasteiger partial charge in [-0.25, -0.2) is 12.8 Å². The summed E-state index contributed by atoms with van der Waals surface area (Å²) >= 11 is 0. The number of carbonyl (C=O) groups excluding carboxylic acids is 1. The Morgan fingerprint density at radius 3 is 2.29 bits per heavy atom. The minimum absolute atomic E-state index is 0.144. The zero-order chi connectivity index (χ0) is 25.0. The Kier molecular flexibility index (Phi) is 7.23. The van der Waals surface area contributed by atoms with Gasteiger partial charge in [-0.1, -0.05) is 18.2 Å². The van der Waals surface area contributed by atoms with E-state index in [1.165, 1.54) is 30.7 Å². The van der Waals surface area contributed by atoms with Gasteiger partial charge in [0.25, 0.3) is 5.91 Å². The van der Waals surface area contributed by atoms with Crippen molar-refractivity contribution < 1.29 is 27.1 Å². The molecule has 35 heavy (non-hydrogen) atoms. The topological polar surface area (TPSA) is 88.2 Å². The predicted octanol–water partition coefficient (Wildman–Crippen LogP) is 3.61. The highest BCUT2D eigenvalue weighted by Gasteiger charge is 2.30. The van der Waals surface area contributed by atoms with E-state index in [1.54, 1.807) is 12.1 Å². The van der Waals surface area contributed by atoms with E-state index in [-0.39, 0.29) is 29.2 Å². The second kappa shape index (κ2) is 10.3. The van der Waals surface area contributed by atoms with Gasteiger partial charge in [-0.2, -0.15) is 4.31 Å². The number of hydrogen-bond acceptors (Lipinski definition) is 6. The molecule has 1 aliphatic heterocycles. The molecule has 0 atom stereocenters. The van der Waals surface area contributed by atoms with Crippen LogP contribution in [0.2, 0.25) is 0 Å². The Bertz CT molecular complexity index is 1310. The molecule has 1 aliphatic rings. The number of nitrogens with one attached hydrogen (secondary N) is 1. The number of amides is 1. The minimum atomic E-state index is -3.92. The number of para-hydroxylation sites is 1. The van der Waals surface area contributed by atoms with Crippen LogP contribution in [0.15, 0.2) is 71.6 Å². The predicted molar refractivity (Wildman–Crippen MR) is 131 cm³/mol. The molecule has 0 spiro atoms. The van der Waals surface area contributed by atoms with E-state index in [4.69, 9.17) is 9.47 Å². The Morgan fingerprint density at radius 1 is 0.914 bits per heavy atom. The van der Waals surface area contributed by atoms with E-state index >= 15 is 0 Å². The van der Waals surface area contributed by atoms with Crippen LogP contribution in [0.4, 0.5) is 15.8 Å². The molecule has 0 radical (unpaired) electrons. The Balaban J connectivity index is 1.53. The van der Waals surface area contributed by atoms with Crippen LogP contribution in [-0.2, 0) is 10.0 Å². The lowest BCUT2D eigenvalue weighted by atomic mass is 10.2. The van der Waals surface area contributed by atoms with Crippen LogP contribution in [0.3, 0.4) is 0 Å². The SMILES string of the molecule is COc1ccc(OC)c(NC(=O)c2cc(S(=O)(=O)N3CCN(c4ccccc4)CC3)ccc2F)c1. The Hall–Kier alpha value is -3.63. The second-order valence-electron chi connectivity index (χ2n) is 7.89. The third-order valence-corrected chi connectivity index (χ3v) is 7.73. The van der Waals surface area contributed by atoms with Gasteiger partial charge in [0.1, 0.15) is 17.3 Å². The number of benzene rings is 3. The molecule has 0 unspecified atom stereocenters. The van der Waals surface area contributed by atoms with Crippen molar-refractivity contribution >= 4 is 27.3 Å². The van der Waals surface area contributed by atoms with Gasteiger partial charge in [-0.15, -0.1) is 0 Å². The first-order chi connectivity index (χ1) is 16.8. The molecule has 10 heteroatoms. The summed E-state index contributed by atoms with van der Waals surface area (Å²) in [4.78, 5) is 14.9. The molecule has 0 saturated carbocycles. The van der Waals surface area contributed by atoms with Gasteiger partial charge in [-0.05, 0) is 42.5 Å². The van der Waals surface area contributed by atoms with Gasteiger partial charge in [0.05, 0.1) is 30.4 Å². The number of piperazine rings is 1. The van der Waals surface area contributed by atoms with E-state index in [2.05, 4.69) is 10.2 Å². The molecule has 0 aromatic heterocycles. The fraction of sp³-hybridized carbons (Fsp3) is 0.240. The molecular formula is C25H26FN3O5S. The quantitative estimate of drug-likeness (QED) is 0.535. The summed E-state index contributed by atoms with van der Waals surface area (Å²) in [5.41, 5.74) is 0.902. The van der Waals surface area contributed by atoms with Gasteiger partial charge in [0.2, 0.25) is 10.0 Å². The Morgan fingerprint density at radius 2 is 1.63 bits per heavy atom.